The summed E-state index contributed by atoms with van der Waals surface area (Å²) in [4.78, 5) is 42.9. The topological polar surface area (TPSA) is 94.2 Å². The number of carbonyl (C=O) groups is 3. The summed E-state index contributed by atoms with van der Waals surface area (Å²) in [7, 11) is 1.52. The summed E-state index contributed by atoms with van der Waals surface area (Å²) in [5, 5.41) is 6.11. The van der Waals surface area contributed by atoms with Crippen molar-refractivity contribution < 1.29 is 32.3 Å². The Morgan fingerprint density at radius 2 is 1.75 bits per heavy atom. The third-order valence-corrected chi connectivity index (χ3v) is 7.24. The fourth-order valence-corrected chi connectivity index (χ4v) is 4.85. The number of rotatable bonds is 11. The van der Waals surface area contributed by atoms with Gasteiger partial charge in [-0.1, -0.05) is 43.7 Å². The molecule has 0 radical (unpaired) electrons. The molecule has 2 N–H and O–H groups in total. The van der Waals surface area contributed by atoms with Crippen LogP contribution in [-0.4, -0.2) is 78.1 Å². The van der Waals surface area contributed by atoms with Crippen molar-refractivity contribution in [2.24, 2.45) is 0 Å². The van der Waals surface area contributed by atoms with Gasteiger partial charge in [0.1, 0.15) is 5.60 Å². The van der Waals surface area contributed by atoms with Gasteiger partial charge in [-0.05, 0) is 62.4 Å². The summed E-state index contributed by atoms with van der Waals surface area (Å²) >= 11 is 0. The molecule has 44 heavy (non-hydrogen) atoms. The van der Waals surface area contributed by atoms with E-state index in [1.807, 2.05) is 18.2 Å². The minimum absolute atomic E-state index is 0.00253. The minimum atomic E-state index is -4.58. The van der Waals surface area contributed by atoms with Crippen LogP contribution >= 0.6 is 0 Å². The molecule has 3 rings (SSSR count). The molecule has 9 nitrogen and oxygen atoms in total. The van der Waals surface area contributed by atoms with Gasteiger partial charge in [0.25, 0.3) is 0 Å². The quantitative estimate of drug-likeness (QED) is 0.307. The highest BCUT2D eigenvalue weighted by molar-refractivity contribution is 5.81. The molecule has 0 saturated carbocycles. The van der Waals surface area contributed by atoms with E-state index in [4.69, 9.17) is 4.74 Å². The lowest BCUT2D eigenvalue weighted by molar-refractivity contribution is -0.139. The molecule has 1 heterocycles. The molecule has 4 amide bonds. The van der Waals surface area contributed by atoms with E-state index in [0.29, 0.717) is 26.1 Å². The highest BCUT2D eigenvalue weighted by Crippen LogP contribution is 2.32. The van der Waals surface area contributed by atoms with Crippen LogP contribution in [-0.2, 0) is 35.2 Å². The van der Waals surface area contributed by atoms with Gasteiger partial charge in [0.2, 0.25) is 5.91 Å². The van der Waals surface area contributed by atoms with Crippen LogP contribution in [0.4, 0.5) is 28.4 Å². The molecular formula is C32H44F3N5O4. The van der Waals surface area contributed by atoms with E-state index < -0.39 is 29.3 Å². The van der Waals surface area contributed by atoms with Crippen LogP contribution in [0.1, 0.15) is 62.8 Å². The van der Waals surface area contributed by atoms with Gasteiger partial charge in [0.15, 0.2) is 0 Å². The third-order valence-electron chi connectivity index (χ3n) is 7.24. The molecule has 2 aromatic rings. The van der Waals surface area contributed by atoms with Crippen molar-refractivity contribution in [3.8, 4) is 0 Å². The molecule has 2 aromatic carbocycles. The number of amides is 4. The van der Waals surface area contributed by atoms with E-state index in [1.54, 1.807) is 25.7 Å². The average molecular weight is 620 g/mol. The summed E-state index contributed by atoms with van der Waals surface area (Å²) in [6.45, 7) is 8.46. The van der Waals surface area contributed by atoms with E-state index >= 15 is 0 Å². The fourth-order valence-electron chi connectivity index (χ4n) is 4.85. The van der Waals surface area contributed by atoms with Crippen LogP contribution in [0.5, 0.6) is 0 Å². The molecule has 242 valence electrons. The molecule has 0 spiro atoms. The molecule has 0 aliphatic carbocycles. The summed E-state index contributed by atoms with van der Waals surface area (Å²) in [6.07, 6.45) is -2.68. The van der Waals surface area contributed by atoms with Crippen molar-refractivity contribution in [2.45, 2.75) is 71.8 Å². The van der Waals surface area contributed by atoms with E-state index in [1.165, 1.54) is 35.0 Å². The predicted octanol–water partition coefficient (Wildman–Crippen LogP) is 5.88. The number of nitrogens with zero attached hydrogens (tertiary/aromatic N) is 3. The summed E-state index contributed by atoms with van der Waals surface area (Å²) in [5.74, 6) is -0.426. The third kappa shape index (κ3) is 10.1. The van der Waals surface area contributed by atoms with Gasteiger partial charge in [0.05, 0.1) is 12.1 Å². The lowest BCUT2D eigenvalue weighted by atomic mass is 9.98. The van der Waals surface area contributed by atoms with Gasteiger partial charge in [-0.3, -0.25) is 4.79 Å². The standard InChI is InChI=1S/C32H44F3N5O4/c1-6-7-16-36-29(42)40-17-15-25-23(21-40)12-10-14-27(25)37-20-28(41)39(19-18-38(5)30(43)44-31(2,3)4)22-24-11-8-9-13-26(24)32(33,34)35/h8-14,37H,6-7,15-22H2,1-5H3,(H,36,42). The smallest absolute Gasteiger partial charge is 0.416 e. The number of carbonyl (C=O) groups excluding carboxylic acids is 3. The van der Waals surface area contributed by atoms with Gasteiger partial charge in [-0.25, -0.2) is 9.59 Å². The number of nitrogens with one attached hydrogen (secondary N) is 2. The molecule has 1 aliphatic heterocycles. The van der Waals surface area contributed by atoms with Crippen LogP contribution in [0.2, 0.25) is 0 Å². The van der Waals surface area contributed by atoms with Crippen molar-refractivity contribution in [2.75, 3.05) is 45.1 Å². The van der Waals surface area contributed by atoms with Crippen molar-refractivity contribution >= 4 is 23.7 Å². The average Bonchev–Trinajstić information content (AvgIpc) is 2.96. The lowest BCUT2D eigenvalue weighted by Gasteiger charge is -2.31. The number of hydrogen-bond acceptors (Lipinski definition) is 5. The van der Waals surface area contributed by atoms with E-state index in [2.05, 4.69) is 17.6 Å². The van der Waals surface area contributed by atoms with Crippen LogP contribution in [0, 0.1) is 0 Å². The monoisotopic (exact) mass is 619 g/mol. The molecular weight excluding hydrogens is 575 g/mol. The van der Waals surface area contributed by atoms with Gasteiger partial charge < -0.3 is 30.1 Å². The summed E-state index contributed by atoms with van der Waals surface area (Å²) in [6, 6.07) is 10.7. The zero-order valence-electron chi connectivity index (χ0n) is 26.2. The molecule has 12 heteroatoms. The maximum absolute atomic E-state index is 13.7. The maximum atomic E-state index is 13.7. The first-order valence-corrected chi connectivity index (χ1v) is 14.9. The largest absolute Gasteiger partial charge is 0.444 e. The lowest BCUT2D eigenvalue weighted by Crippen LogP contribution is -2.43. The number of benzene rings is 2. The van der Waals surface area contributed by atoms with E-state index in [9.17, 15) is 27.6 Å². The van der Waals surface area contributed by atoms with Gasteiger partial charge >= 0.3 is 18.3 Å². The Bertz CT molecular complexity index is 1300. The second kappa shape index (κ2) is 15.2. The molecule has 0 unspecified atom stereocenters. The van der Waals surface area contributed by atoms with Crippen LogP contribution in [0.3, 0.4) is 0 Å². The molecule has 1 aliphatic rings. The Morgan fingerprint density at radius 3 is 2.43 bits per heavy atom. The van der Waals surface area contributed by atoms with Crippen molar-refractivity contribution in [3.63, 3.8) is 0 Å². The Morgan fingerprint density at radius 1 is 1.02 bits per heavy atom. The van der Waals surface area contributed by atoms with Gasteiger partial charge in [0, 0.05) is 52.0 Å². The van der Waals surface area contributed by atoms with Crippen LogP contribution in [0.15, 0.2) is 42.5 Å². The highest BCUT2D eigenvalue weighted by atomic mass is 19.4. The number of fused-ring (bicyclic) bond motifs is 1. The molecule has 0 bridgehead atoms. The number of urea groups is 1. The normalized spacial score (nSPS) is 13.1. The number of likely N-dealkylation sites (N-methyl/N-ethyl adjacent to an activating group) is 1. The Balaban J connectivity index is 1.73. The SMILES string of the molecule is CCCCNC(=O)N1CCc2c(cccc2NCC(=O)N(CCN(C)C(=O)OC(C)(C)C)Cc2ccccc2C(F)(F)F)C1. The molecule has 0 saturated heterocycles. The fraction of sp³-hybridized carbons (Fsp3) is 0.531. The Labute approximate surface area is 257 Å². The zero-order chi connectivity index (χ0) is 32.5. The number of unbranched alkanes of at least 4 members (excludes halogenated alkanes) is 1. The van der Waals surface area contributed by atoms with Gasteiger partial charge in [-0.15, -0.1) is 0 Å². The maximum Gasteiger partial charge on any atom is 0.416 e. The van der Waals surface area contributed by atoms with Gasteiger partial charge in [-0.2, -0.15) is 13.2 Å². The Hall–Kier alpha value is -3.96. The second-order valence-corrected chi connectivity index (χ2v) is 11.9. The molecule has 0 aromatic heterocycles. The minimum Gasteiger partial charge on any atom is -0.444 e. The second-order valence-electron chi connectivity index (χ2n) is 11.9. The molecule has 0 atom stereocenters. The number of anilines is 1. The van der Waals surface area contributed by atoms with Crippen LogP contribution in [0.25, 0.3) is 0 Å². The highest BCUT2D eigenvalue weighted by Gasteiger charge is 2.34. The summed E-state index contributed by atoms with van der Waals surface area (Å²) in [5.41, 5.74) is 1.13. The first-order valence-electron chi connectivity index (χ1n) is 14.9. The number of ether oxygens (including phenoxy) is 1. The van der Waals surface area contributed by atoms with E-state index in [0.717, 1.165) is 35.7 Å². The number of alkyl halides is 3. The zero-order valence-corrected chi connectivity index (χ0v) is 26.2. The van der Waals surface area contributed by atoms with Crippen molar-refractivity contribution in [3.05, 3.63) is 64.7 Å². The molecule has 0 fully saturated rings. The van der Waals surface area contributed by atoms with Crippen molar-refractivity contribution in [1.29, 1.82) is 0 Å². The van der Waals surface area contributed by atoms with E-state index in [-0.39, 0.29) is 37.8 Å². The predicted molar refractivity (Wildman–Crippen MR) is 163 cm³/mol. The number of halogens is 3. The Kier molecular flexibility index (Phi) is 11.9. The van der Waals surface area contributed by atoms with Crippen molar-refractivity contribution in [1.82, 2.24) is 20.0 Å². The number of hydrogen-bond donors (Lipinski definition) is 2. The summed E-state index contributed by atoms with van der Waals surface area (Å²) < 4.78 is 46.6. The first kappa shape index (κ1) is 34.5. The van der Waals surface area contributed by atoms with Crippen LogP contribution < -0.4 is 10.6 Å². The first-order chi connectivity index (χ1) is 20.7.